The second kappa shape index (κ2) is 8.65. The zero-order chi connectivity index (χ0) is 21.1. The average Bonchev–Trinajstić information content (AvgIpc) is 3.01. The zero-order valence-electron chi connectivity index (χ0n) is 15.6. The quantitative estimate of drug-likeness (QED) is 0.506. The summed E-state index contributed by atoms with van der Waals surface area (Å²) in [5.74, 6) is 0.262. The van der Waals surface area contributed by atoms with Gasteiger partial charge < -0.3 is 9.84 Å². The van der Waals surface area contributed by atoms with Gasteiger partial charge in [-0.3, -0.25) is 9.59 Å². The van der Waals surface area contributed by atoms with Crippen molar-refractivity contribution in [3.8, 4) is 11.5 Å². The fourth-order valence-corrected chi connectivity index (χ4v) is 3.85. The standard InChI is InChI=1S/C23H16ClNO4S/c24-17-8-4-16(5-9-17)14-29-20-10-6-15(7-11-20)12-21-22(27)25(23(28)30-21)18-2-1-3-19(26)13-18/h1-13,26H,14H2. The molecule has 0 unspecified atom stereocenters. The molecule has 4 rings (SSSR count). The second-order valence-corrected chi connectivity index (χ2v) is 7.95. The second-order valence-electron chi connectivity index (χ2n) is 6.52. The number of carbonyl (C=O) groups is 2. The lowest BCUT2D eigenvalue weighted by Crippen LogP contribution is -2.27. The van der Waals surface area contributed by atoms with Gasteiger partial charge in [0.2, 0.25) is 0 Å². The molecule has 30 heavy (non-hydrogen) atoms. The van der Waals surface area contributed by atoms with Gasteiger partial charge in [0.05, 0.1) is 10.6 Å². The third kappa shape index (κ3) is 4.50. The van der Waals surface area contributed by atoms with Crippen LogP contribution in [-0.2, 0) is 11.4 Å². The Labute approximate surface area is 182 Å². The number of nitrogens with zero attached hydrogens (tertiary/aromatic N) is 1. The van der Waals surface area contributed by atoms with E-state index in [1.165, 1.54) is 12.1 Å². The van der Waals surface area contributed by atoms with Gasteiger partial charge in [-0.15, -0.1) is 0 Å². The van der Waals surface area contributed by atoms with Gasteiger partial charge in [0, 0.05) is 11.1 Å². The minimum absolute atomic E-state index is 0.00952. The van der Waals surface area contributed by atoms with Crippen molar-refractivity contribution in [1.82, 2.24) is 0 Å². The van der Waals surface area contributed by atoms with Crippen LogP contribution in [0.15, 0.2) is 77.7 Å². The summed E-state index contributed by atoms with van der Waals surface area (Å²) in [5.41, 5.74) is 2.12. The van der Waals surface area contributed by atoms with E-state index in [9.17, 15) is 14.7 Å². The Morgan fingerprint density at radius 2 is 1.73 bits per heavy atom. The van der Waals surface area contributed by atoms with Crippen molar-refractivity contribution in [2.75, 3.05) is 4.90 Å². The number of benzene rings is 3. The van der Waals surface area contributed by atoms with E-state index >= 15 is 0 Å². The fraction of sp³-hybridized carbons (Fsp3) is 0.0435. The molecule has 1 N–H and O–H groups in total. The van der Waals surface area contributed by atoms with Gasteiger partial charge in [-0.25, -0.2) is 4.90 Å². The van der Waals surface area contributed by atoms with Gasteiger partial charge in [-0.2, -0.15) is 0 Å². The number of carbonyl (C=O) groups excluding carboxylic acids is 2. The van der Waals surface area contributed by atoms with E-state index in [0.29, 0.717) is 28.0 Å². The molecular weight excluding hydrogens is 422 g/mol. The average molecular weight is 438 g/mol. The van der Waals surface area contributed by atoms with Crippen LogP contribution in [0.5, 0.6) is 11.5 Å². The molecule has 1 heterocycles. The lowest BCUT2D eigenvalue weighted by molar-refractivity contribution is -0.113. The van der Waals surface area contributed by atoms with E-state index in [0.717, 1.165) is 27.8 Å². The lowest BCUT2D eigenvalue weighted by Gasteiger charge is -2.12. The first-order valence-electron chi connectivity index (χ1n) is 9.04. The molecule has 0 saturated carbocycles. The number of thioether (sulfide) groups is 1. The van der Waals surface area contributed by atoms with Crippen LogP contribution in [0, 0.1) is 0 Å². The van der Waals surface area contributed by atoms with Crippen molar-refractivity contribution in [2.45, 2.75) is 6.61 Å². The van der Waals surface area contributed by atoms with Crippen molar-refractivity contribution in [3.63, 3.8) is 0 Å². The number of phenolic OH excluding ortho intramolecular Hbond substituents is 1. The Morgan fingerprint density at radius 3 is 2.43 bits per heavy atom. The number of imide groups is 1. The predicted molar refractivity (Wildman–Crippen MR) is 119 cm³/mol. The summed E-state index contributed by atoms with van der Waals surface area (Å²) in [4.78, 5) is 26.4. The molecule has 1 fully saturated rings. The Morgan fingerprint density at radius 1 is 1.00 bits per heavy atom. The van der Waals surface area contributed by atoms with Crippen molar-refractivity contribution in [3.05, 3.63) is 93.9 Å². The van der Waals surface area contributed by atoms with Crippen LogP contribution >= 0.6 is 23.4 Å². The summed E-state index contributed by atoms with van der Waals surface area (Å²) in [7, 11) is 0. The van der Waals surface area contributed by atoms with E-state index in [1.807, 2.05) is 36.4 Å². The highest BCUT2D eigenvalue weighted by Crippen LogP contribution is 2.36. The molecule has 1 saturated heterocycles. The molecule has 7 heteroatoms. The number of halogens is 1. The van der Waals surface area contributed by atoms with Gasteiger partial charge in [0.25, 0.3) is 11.1 Å². The number of rotatable bonds is 5. The van der Waals surface area contributed by atoms with Crippen LogP contribution < -0.4 is 9.64 Å². The van der Waals surface area contributed by atoms with Gasteiger partial charge in [-0.05, 0) is 65.4 Å². The zero-order valence-corrected chi connectivity index (χ0v) is 17.2. The molecular formula is C23H16ClNO4S. The molecule has 0 atom stereocenters. The largest absolute Gasteiger partial charge is 0.508 e. The number of ether oxygens (including phenoxy) is 1. The Balaban J connectivity index is 1.45. The molecule has 0 radical (unpaired) electrons. The Hall–Kier alpha value is -3.22. The van der Waals surface area contributed by atoms with Crippen LogP contribution in [0.1, 0.15) is 11.1 Å². The minimum Gasteiger partial charge on any atom is -0.508 e. The molecule has 150 valence electrons. The van der Waals surface area contributed by atoms with Crippen molar-refractivity contribution in [2.24, 2.45) is 0 Å². The first kappa shape index (κ1) is 20.1. The van der Waals surface area contributed by atoms with E-state index in [2.05, 4.69) is 0 Å². The molecule has 2 amide bonds. The summed E-state index contributed by atoms with van der Waals surface area (Å²) in [6.45, 7) is 0.416. The maximum atomic E-state index is 12.7. The smallest absolute Gasteiger partial charge is 0.298 e. The van der Waals surface area contributed by atoms with Crippen molar-refractivity contribution in [1.29, 1.82) is 0 Å². The highest BCUT2D eigenvalue weighted by molar-refractivity contribution is 8.19. The summed E-state index contributed by atoms with van der Waals surface area (Å²) in [5, 5.41) is 9.89. The molecule has 1 aliphatic rings. The molecule has 0 spiro atoms. The molecule has 3 aromatic carbocycles. The van der Waals surface area contributed by atoms with E-state index in [1.54, 1.807) is 30.3 Å². The SMILES string of the molecule is O=C1SC(=Cc2ccc(OCc3ccc(Cl)cc3)cc2)C(=O)N1c1cccc(O)c1. The lowest BCUT2D eigenvalue weighted by atomic mass is 10.2. The van der Waals surface area contributed by atoms with Crippen LogP contribution in [0.4, 0.5) is 10.5 Å². The number of aromatic hydroxyl groups is 1. The van der Waals surface area contributed by atoms with Crippen molar-refractivity contribution >= 4 is 46.3 Å². The van der Waals surface area contributed by atoms with Gasteiger partial charge in [0.15, 0.2) is 0 Å². The summed E-state index contributed by atoms with van der Waals surface area (Å²) >= 11 is 6.74. The monoisotopic (exact) mass is 437 g/mol. The topological polar surface area (TPSA) is 66.8 Å². The highest BCUT2D eigenvalue weighted by atomic mass is 35.5. The molecule has 5 nitrogen and oxygen atoms in total. The van der Waals surface area contributed by atoms with Crippen LogP contribution in [-0.4, -0.2) is 16.3 Å². The van der Waals surface area contributed by atoms with E-state index in [-0.39, 0.29) is 5.75 Å². The number of amides is 2. The third-order valence-corrected chi connectivity index (χ3v) is 5.50. The van der Waals surface area contributed by atoms with E-state index < -0.39 is 11.1 Å². The third-order valence-electron chi connectivity index (χ3n) is 4.38. The number of phenols is 1. The minimum atomic E-state index is -0.418. The molecule has 3 aromatic rings. The fourth-order valence-electron chi connectivity index (χ4n) is 2.88. The summed E-state index contributed by atoms with van der Waals surface area (Å²) < 4.78 is 5.76. The first-order chi connectivity index (χ1) is 14.5. The molecule has 0 aromatic heterocycles. The number of hydrogen-bond donors (Lipinski definition) is 1. The molecule has 0 aliphatic carbocycles. The van der Waals surface area contributed by atoms with Gasteiger partial charge >= 0.3 is 0 Å². The molecule has 0 bridgehead atoms. The predicted octanol–water partition coefficient (Wildman–Crippen LogP) is 5.87. The van der Waals surface area contributed by atoms with Crippen LogP contribution in [0.3, 0.4) is 0 Å². The summed E-state index contributed by atoms with van der Waals surface area (Å²) in [6.07, 6.45) is 1.66. The first-order valence-corrected chi connectivity index (χ1v) is 10.2. The number of anilines is 1. The maximum absolute atomic E-state index is 12.7. The Bertz CT molecular complexity index is 1130. The van der Waals surface area contributed by atoms with Gasteiger partial charge in [0.1, 0.15) is 18.1 Å². The Kier molecular flexibility index (Phi) is 5.79. The van der Waals surface area contributed by atoms with Gasteiger partial charge in [-0.1, -0.05) is 41.9 Å². The maximum Gasteiger partial charge on any atom is 0.298 e. The van der Waals surface area contributed by atoms with Crippen LogP contribution in [0.2, 0.25) is 5.02 Å². The normalized spacial score (nSPS) is 15.1. The van der Waals surface area contributed by atoms with E-state index in [4.69, 9.17) is 16.3 Å². The number of hydrogen-bond acceptors (Lipinski definition) is 5. The summed E-state index contributed by atoms with van der Waals surface area (Å²) in [6, 6.07) is 20.7. The van der Waals surface area contributed by atoms with Crippen LogP contribution in [0.25, 0.3) is 6.08 Å². The highest BCUT2D eigenvalue weighted by Gasteiger charge is 2.36. The van der Waals surface area contributed by atoms with Crippen molar-refractivity contribution < 1.29 is 19.4 Å². The molecule has 1 aliphatic heterocycles.